The third kappa shape index (κ3) is 7.24. The van der Waals surface area contributed by atoms with Crippen molar-refractivity contribution in [1.82, 2.24) is 29.3 Å². The minimum absolute atomic E-state index is 0.181. The lowest BCUT2D eigenvalue weighted by Crippen LogP contribution is -1.91. The molecule has 6 rings (SSSR count). The molecule has 0 aliphatic carbocycles. The quantitative estimate of drug-likeness (QED) is 0.186. The molecule has 11 heteroatoms. The van der Waals surface area contributed by atoms with Crippen molar-refractivity contribution >= 4 is 38.5 Å². The van der Waals surface area contributed by atoms with Crippen LogP contribution in [0, 0.1) is 18.3 Å². The van der Waals surface area contributed by atoms with E-state index in [-0.39, 0.29) is 17.2 Å². The summed E-state index contributed by atoms with van der Waals surface area (Å²) in [6.45, 7) is 9.96. The van der Waals surface area contributed by atoms with Crippen LogP contribution in [-0.2, 0) is 21.1 Å². The minimum Gasteiger partial charge on any atom is -0.508 e. The number of aryl methyl sites for hydroxylation is 4. The van der Waals surface area contributed by atoms with E-state index >= 15 is 0 Å². The number of rotatable bonds is 0. The molecular formula is C30H38N8O3. The lowest BCUT2D eigenvalue weighted by atomic mass is 10.2. The summed E-state index contributed by atoms with van der Waals surface area (Å²) in [4.78, 5) is 0. The van der Waals surface area contributed by atoms with Crippen molar-refractivity contribution in [3.05, 3.63) is 66.0 Å². The molecule has 0 radical (unpaired) electrons. The van der Waals surface area contributed by atoms with Crippen LogP contribution in [0.2, 0.25) is 0 Å². The van der Waals surface area contributed by atoms with Crippen molar-refractivity contribution in [3.63, 3.8) is 0 Å². The third-order valence-corrected chi connectivity index (χ3v) is 5.82. The van der Waals surface area contributed by atoms with Crippen LogP contribution in [0.4, 0.5) is 5.82 Å². The molecule has 216 valence electrons. The SMILES string of the molecule is CC.CC.Cc1nn(C)c2cc(O)ccc12.Cn1nc(C#N)c2ccc(O)cc21.Cn1nc(N)c2ccc(O)cc21. The van der Waals surface area contributed by atoms with Crippen LogP contribution in [0.1, 0.15) is 39.1 Å². The van der Waals surface area contributed by atoms with Gasteiger partial charge in [0.25, 0.3) is 0 Å². The summed E-state index contributed by atoms with van der Waals surface area (Å²) in [6.07, 6.45) is 0. The second kappa shape index (κ2) is 14.2. The first-order valence-electron chi connectivity index (χ1n) is 13.2. The van der Waals surface area contributed by atoms with Crippen LogP contribution < -0.4 is 5.73 Å². The molecule has 3 aromatic heterocycles. The Balaban J connectivity index is 0.000000203. The van der Waals surface area contributed by atoms with Gasteiger partial charge in [0.15, 0.2) is 11.5 Å². The number of nitrogen functional groups attached to an aromatic ring is 1. The Labute approximate surface area is 239 Å². The molecule has 0 spiro atoms. The molecule has 11 nitrogen and oxygen atoms in total. The number of anilines is 1. The van der Waals surface area contributed by atoms with E-state index in [1.165, 1.54) is 0 Å². The highest BCUT2D eigenvalue weighted by Gasteiger charge is 2.08. The van der Waals surface area contributed by atoms with Gasteiger partial charge in [0.1, 0.15) is 23.3 Å². The first-order valence-corrected chi connectivity index (χ1v) is 13.2. The smallest absolute Gasteiger partial charge is 0.170 e. The van der Waals surface area contributed by atoms with Crippen LogP contribution >= 0.6 is 0 Å². The van der Waals surface area contributed by atoms with E-state index in [0.717, 1.165) is 38.4 Å². The summed E-state index contributed by atoms with van der Waals surface area (Å²) in [5.74, 6) is 1.18. The highest BCUT2D eigenvalue weighted by Crippen LogP contribution is 2.24. The zero-order valence-electron chi connectivity index (χ0n) is 24.7. The standard InChI is InChI=1S/C9H7N3O.C9H10N2O.C8H9N3O.2C2H6/c1-12-9-4-6(13)2-3-7(9)8(5-10)11-12;1-6-8-4-3-7(12)5-9(8)11(2)10-6;1-11-7-4-5(12)2-3-6(7)8(9)10-11;2*1-2/h2-4,13H,1H3;3-5,12H,1-2H3;2-4,12H,1H3,(H2,9,10);2*1-2H3. The highest BCUT2D eigenvalue weighted by atomic mass is 16.3. The molecule has 0 amide bonds. The first kappa shape index (κ1) is 32.0. The molecule has 5 N–H and O–H groups in total. The fourth-order valence-electron chi connectivity index (χ4n) is 4.03. The molecule has 41 heavy (non-hydrogen) atoms. The first-order chi connectivity index (χ1) is 19.6. The van der Waals surface area contributed by atoms with Gasteiger partial charge in [-0.1, -0.05) is 27.7 Å². The Hall–Kier alpha value is -5.24. The summed E-state index contributed by atoms with van der Waals surface area (Å²) < 4.78 is 4.99. The van der Waals surface area contributed by atoms with Gasteiger partial charge in [0.05, 0.1) is 22.2 Å². The van der Waals surface area contributed by atoms with E-state index in [2.05, 4.69) is 15.3 Å². The summed E-state index contributed by atoms with van der Waals surface area (Å²) in [5.41, 5.74) is 9.56. The minimum atomic E-state index is 0.181. The van der Waals surface area contributed by atoms with Crippen molar-refractivity contribution < 1.29 is 15.3 Å². The molecule has 0 saturated carbocycles. The van der Waals surface area contributed by atoms with Crippen LogP contribution in [0.15, 0.2) is 54.6 Å². The molecule has 3 heterocycles. The fourth-order valence-corrected chi connectivity index (χ4v) is 4.03. The van der Waals surface area contributed by atoms with Crippen molar-refractivity contribution in [3.8, 4) is 23.3 Å². The average Bonchev–Trinajstić information content (AvgIpc) is 3.55. The van der Waals surface area contributed by atoms with E-state index in [4.69, 9.17) is 11.0 Å². The lowest BCUT2D eigenvalue weighted by Gasteiger charge is -1.94. The van der Waals surface area contributed by atoms with E-state index < -0.39 is 0 Å². The number of nitrogens with zero attached hydrogens (tertiary/aromatic N) is 7. The molecule has 0 atom stereocenters. The normalized spacial score (nSPS) is 9.83. The Bertz CT molecular complexity index is 1710. The predicted octanol–water partition coefficient (Wildman–Crippen LogP) is 5.65. The van der Waals surface area contributed by atoms with Gasteiger partial charge in [-0.3, -0.25) is 14.0 Å². The van der Waals surface area contributed by atoms with Gasteiger partial charge in [-0.05, 0) is 43.3 Å². The lowest BCUT2D eigenvalue weighted by molar-refractivity contribution is 0.475. The summed E-state index contributed by atoms with van der Waals surface area (Å²) >= 11 is 0. The summed E-state index contributed by atoms with van der Waals surface area (Å²) in [7, 11) is 5.40. The number of hydrogen-bond donors (Lipinski definition) is 4. The van der Waals surface area contributed by atoms with E-state index in [1.54, 1.807) is 76.7 Å². The topological polar surface area (TPSA) is 164 Å². The van der Waals surface area contributed by atoms with Crippen LogP contribution in [0.3, 0.4) is 0 Å². The number of phenols is 3. The van der Waals surface area contributed by atoms with Crippen molar-refractivity contribution in [2.45, 2.75) is 34.6 Å². The predicted molar refractivity (Wildman–Crippen MR) is 164 cm³/mol. The molecular weight excluding hydrogens is 520 g/mol. The summed E-state index contributed by atoms with van der Waals surface area (Å²) in [5, 5.41) is 51.3. The second-order valence-electron chi connectivity index (χ2n) is 8.41. The van der Waals surface area contributed by atoms with Crippen molar-refractivity contribution in [2.24, 2.45) is 21.1 Å². The van der Waals surface area contributed by atoms with Crippen LogP contribution in [-0.4, -0.2) is 44.7 Å². The van der Waals surface area contributed by atoms with Gasteiger partial charge < -0.3 is 21.1 Å². The third-order valence-electron chi connectivity index (χ3n) is 5.82. The number of fused-ring (bicyclic) bond motifs is 3. The van der Waals surface area contributed by atoms with Gasteiger partial charge in [0, 0.05) is 55.5 Å². The number of nitriles is 1. The average molecular weight is 559 g/mol. The monoisotopic (exact) mass is 558 g/mol. The van der Waals surface area contributed by atoms with Gasteiger partial charge in [-0.25, -0.2) is 0 Å². The Kier molecular flexibility index (Phi) is 11.1. The van der Waals surface area contributed by atoms with Gasteiger partial charge >= 0.3 is 0 Å². The zero-order valence-corrected chi connectivity index (χ0v) is 24.7. The fraction of sp³-hybridized carbons (Fsp3) is 0.267. The maximum Gasteiger partial charge on any atom is 0.170 e. The van der Waals surface area contributed by atoms with Gasteiger partial charge in [-0.15, -0.1) is 0 Å². The van der Waals surface area contributed by atoms with E-state index in [1.807, 2.05) is 53.8 Å². The largest absolute Gasteiger partial charge is 0.508 e. The molecule has 6 aromatic rings. The number of hydrogen-bond acceptors (Lipinski definition) is 8. The second-order valence-corrected chi connectivity index (χ2v) is 8.41. The Morgan fingerprint density at radius 3 is 1.54 bits per heavy atom. The van der Waals surface area contributed by atoms with E-state index in [9.17, 15) is 15.3 Å². The molecule has 0 aliphatic rings. The molecule has 0 saturated heterocycles. The van der Waals surface area contributed by atoms with Crippen LogP contribution in [0.5, 0.6) is 17.2 Å². The number of aromatic hydroxyl groups is 3. The summed E-state index contributed by atoms with van der Waals surface area (Å²) in [6, 6.07) is 17.1. The maximum atomic E-state index is 9.22. The van der Waals surface area contributed by atoms with E-state index in [0.29, 0.717) is 11.5 Å². The highest BCUT2D eigenvalue weighted by molar-refractivity contribution is 5.90. The molecule has 0 aliphatic heterocycles. The van der Waals surface area contributed by atoms with Crippen molar-refractivity contribution in [1.29, 1.82) is 5.26 Å². The van der Waals surface area contributed by atoms with Gasteiger partial charge in [0.2, 0.25) is 0 Å². The molecule has 0 fully saturated rings. The van der Waals surface area contributed by atoms with Gasteiger partial charge in [-0.2, -0.15) is 20.6 Å². The van der Waals surface area contributed by atoms with Crippen LogP contribution in [0.25, 0.3) is 32.7 Å². The number of benzene rings is 3. The maximum absolute atomic E-state index is 9.22. The zero-order chi connectivity index (χ0) is 30.9. The molecule has 0 bridgehead atoms. The number of nitrogens with two attached hydrogens (primary N) is 1. The molecule has 0 unspecified atom stereocenters. The number of phenolic OH excluding ortho intramolecular Hbond substituents is 3. The number of aromatic nitrogens is 6. The van der Waals surface area contributed by atoms with Crippen molar-refractivity contribution in [2.75, 3.05) is 5.73 Å². The molecule has 3 aromatic carbocycles. The Morgan fingerprint density at radius 2 is 1.02 bits per heavy atom. The Morgan fingerprint density at radius 1 is 0.634 bits per heavy atom.